The van der Waals surface area contributed by atoms with E-state index in [-0.39, 0.29) is 11.8 Å². The van der Waals surface area contributed by atoms with Crippen molar-refractivity contribution in [1.29, 1.82) is 0 Å². The first kappa shape index (κ1) is 11.8. The van der Waals surface area contributed by atoms with Crippen LogP contribution in [-0.4, -0.2) is 23.2 Å². The second kappa shape index (κ2) is 5.13. The van der Waals surface area contributed by atoms with Crippen LogP contribution in [0, 0.1) is 0 Å². The molecule has 0 saturated carbocycles. The van der Waals surface area contributed by atoms with Gasteiger partial charge in [0.05, 0.1) is 19.0 Å². The Labute approximate surface area is 103 Å². The van der Waals surface area contributed by atoms with Gasteiger partial charge in [-0.3, -0.25) is 0 Å². The summed E-state index contributed by atoms with van der Waals surface area (Å²) in [5, 5.41) is 0. The molecule has 0 bridgehead atoms. The van der Waals surface area contributed by atoms with Crippen LogP contribution in [0.5, 0.6) is 11.8 Å². The Hall–Kier alpha value is -2.63. The standard InChI is InChI=1S/C12H11N3O3/c1-17-11-10(18-12(13)16)14-7-9(15-11)8-5-3-2-4-6-8/h2-7H,1H3,(H2,13,16). The molecule has 6 heteroatoms. The molecule has 1 heterocycles. The van der Waals surface area contributed by atoms with Crippen LogP contribution in [0.2, 0.25) is 0 Å². The number of methoxy groups -OCH3 is 1. The molecule has 0 aliphatic carbocycles. The van der Waals surface area contributed by atoms with Gasteiger partial charge in [0.2, 0.25) is 0 Å². The second-order valence-corrected chi connectivity index (χ2v) is 3.36. The maximum Gasteiger partial charge on any atom is 0.411 e. The van der Waals surface area contributed by atoms with E-state index in [4.69, 9.17) is 10.5 Å². The van der Waals surface area contributed by atoms with Crippen molar-refractivity contribution in [2.24, 2.45) is 5.73 Å². The largest absolute Gasteiger partial charge is 0.477 e. The highest BCUT2D eigenvalue weighted by molar-refractivity contribution is 5.68. The molecule has 2 aromatic rings. The van der Waals surface area contributed by atoms with Crippen LogP contribution < -0.4 is 15.2 Å². The van der Waals surface area contributed by atoms with E-state index in [1.54, 1.807) is 0 Å². The third-order valence-electron chi connectivity index (χ3n) is 2.17. The van der Waals surface area contributed by atoms with Crippen molar-refractivity contribution in [3.05, 3.63) is 36.5 Å². The van der Waals surface area contributed by atoms with E-state index in [1.807, 2.05) is 30.3 Å². The van der Waals surface area contributed by atoms with Crippen molar-refractivity contribution in [1.82, 2.24) is 9.97 Å². The Morgan fingerprint density at radius 3 is 2.56 bits per heavy atom. The number of aromatic nitrogens is 2. The van der Waals surface area contributed by atoms with Crippen LogP contribution in [0.3, 0.4) is 0 Å². The molecule has 6 nitrogen and oxygen atoms in total. The molecule has 0 aliphatic heterocycles. The van der Waals surface area contributed by atoms with Crippen LogP contribution >= 0.6 is 0 Å². The summed E-state index contributed by atoms with van der Waals surface area (Å²) >= 11 is 0. The summed E-state index contributed by atoms with van der Waals surface area (Å²) in [5.41, 5.74) is 6.41. The van der Waals surface area contributed by atoms with E-state index in [9.17, 15) is 4.79 Å². The molecule has 0 atom stereocenters. The second-order valence-electron chi connectivity index (χ2n) is 3.36. The minimum absolute atomic E-state index is 0.0512. The van der Waals surface area contributed by atoms with Gasteiger partial charge in [0, 0.05) is 5.56 Å². The van der Waals surface area contributed by atoms with Crippen molar-refractivity contribution >= 4 is 6.09 Å². The summed E-state index contributed by atoms with van der Waals surface area (Å²) in [4.78, 5) is 18.8. The number of rotatable bonds is 3. The number of hydrogen-bond acceptors (Lipinski definition) is 5. The Kier molecular flexibility index (Phi) is 3.38. The predicted octanol–water partition coefficient (Wildman–Crippen LogP) is 1.61. The van der Waals surface area contributed by atoms with Gasteiger partial charge in [-0.1, -0.05) is 30.3 Å². The van der Waals surface area contributed by atoms with E-state index in [0.717, 1.165) is 5.56 Å². The normalized spacial score (nSPS) is 9.83. The summed E-state index contributed by atoms with van der Waals surface area (Å²) in [6.45, 7) is 0. The number of benzene rings is 1. The zero-order valence-electron chi connectivity index (χ0n) is 9.66. The van der Waals surface area contributed by atoms with Crippen molar-refractivity contribution in [2.75, 3.05) is 7.11 Å². The quantitative estimate of drug-likeness (QED) is 0.887. The third-order valence-corrected chi connectivity index (χ3v) is 2.17. The molecule has 0 unspecified atom stereocenters. The zero-order valence-corrected chi connectivity index (χ0v) is 9.66. The topological polar surface area (TPSA) is 87.3 Å². The lowest BCUT2D eigenvalue weighted by Crippen LogP contribution is -2.17. The van der Waals surface area contributed by atoms with Crippen LogP contribution in [0.25, 0.3) is 11.3 Å². The van der Waals surface area contributed by atoms with Crippen LogP contribution in [0.1, 0.15) is 0 Å². The fourth-order valence-electron chi connectivity index (χ4n) is 1.41. The van der Waals surface area contributed by atoms with Gasteiger partial charge in [0.15, 0.2) is 0 Å². The number of hydrogen-bond donors (Lipinski definition) is 1. The molecule has 0 radical (unpaired) electrons. The summed E-state index contributed by atoms with van der Waals surface area (Å²) in [6.07, 6.45) is 0.519. The number of primary amides is 1. The van der Waals surface area contributed by atoms with E-state index >= 15 is 0 Å². The van der Waals surface area contributed by atoms with E-state index < -0.39 is 6.09 Å². The Balaban J connectivity index is 2.39. The zero-order chi connectivity index (χ0) is 13.0. The van der Waals surface area contributed by atoms with E-state index in [0.29, 0.717) is 5.69 Å². The number of carbonyl (C=O) groups is 1. The van der Waals surface area contributed by atoms with Gasteiger partial charge < -0.3 is 15.2 Å². The van der Waals surface area contributed by atoms with Gasteiger partial charge in [-0.25, -0.2) is 14.8 Å². The average Bonchev–Trinajstić information content (AvgIpc) is 2.39. The highest BCUT2D eigenvalue weighted by Crippen LogP contribution is 2.25. The number of nitrogens with zero attached hydrogens (tertiary/aromatic N) is 2. The molecule has 0 spiro atoms. The number of carbonyl (C=O) groups excluding carboxylic acids is 1. The fraction of sp³-hybridized carbons (Fsp3) is 0.0833. The van der Waals surface area contributed by atoms with Gasteiger partial charge >= 0.3 is 6.09 Å². The molecule has 0 saturated heterocycles. The molecule has 1 aromatic carbocycles. The molecular weight excluding hydrogens is 234 g/mol. The minimum atomic E-state index is -0.963. The molecule has 2 rings (SSSR count). The summed E-state index contributed by atoms with van der Waals surface area (Å²) in [7, 11) is 1.41. The average molecular weight is 245 g/mol. The van der Waals surface area contributed by atoms with E-state index in [1.165, 1.54) is 13.3 Å². The van der Waals surface area contributed by atoms with Gasteiger partial charge in [-0.05, 0) is 0 Å². The highest BCUT2D eigenvalue weighted by Gasteiger charge is 2.12. The third kappa shape index (κ3) is 2.54. The number of ether oxygens (including phenoxy) is 2. The first-order valence-electron chi connectivity index (χ1n) is 5.14. The van der Waals surface area contributed by atoms with Crippen molar-refractivity contribution in [3.63, 3.8) is 0 Å². The molecule has 18 heavy (non-hydrogen) atoms. The van der Waals surface area contributed by atoms with Gasteiger partial charge in [0.25, 0.3) is 11.8 Å². The van der Waals surface area contributed by atoms with Crippen molar-refractivity contribution in [2.45, 2.75) is 0 Å². The lowest BCUT2D eigenvalue weighted by atomic mass is 10.2. The molecule has 1 amide bonds. The van der Waals surface area contributed by atoms with Crippen LogP contribution in [-0.2, 0) is 0 Å². The molecule has 2 N–H and O–H groups in total. The summed E-state index contributed by atoms with van der Waals surface area (Å²) in [6, 6.07) is 9.45. The Bertz CT molecular complexity index is 558. The molecule has 0 fully saturated rings. The first-order valence-corrected chi connectivity index (χ1v) is 5.14. The SMILES string of the molecule is COc1nc(-c2ccccc2)cnc1OC(N)=O. The molecule has 1 aromatic heterocycles. The van der Waals surface area contributed by atoms with Gasteiger partial charge in [0.1, 0.15) is 0 Å². The minimum Gasteiger partial charge on any atom is -0.477 e. The summed E-state index contributed by atoms with van der Waals surface area (Å²) < 4.78 is 9.67. The maximum absolute atomic E-state index is 10.7. The maximum atomic E-state index is 10.7. The highest BCUT2D eigenvalue weighted by atomic mass is 16.6. The fourth-order valence-corrected chi connectivity index (χ4v) is 1.41. The van der Waals surface area contributed by atoms with Crippen LogP contribution in [0.4, 0.5) is 4.79 Å². The Morgan fingerprint density at radius 2 is 1.94 bits per heavy atom. The van der Waals surface area contributed by atoms with Crippen LogP contribution in [0.15, 0.2) is 36.5 Å². The Morgan fingerprint density at radius 1 is 1.22 bits per heavy atom. The van der Waals surface area contributed by atoms with Crippen molar-refractivity contribution < 1.29 is 14.3 Å². The lowest BCUT2D eigenvalue weighted by molar-refractivity contribution is 0.206. The smallest absolute Gasteiger partial charge is 0.411 e. The summed E-state index contributed by atoms with van der Waals surface area (Å²) in [5.74, 6) is 0.0554. The first-order chi connectivity index (χ1) is 8.70. The number of amides is 1. The van der Waals surface area contributed by atoms with E-state index in [2.05, 4.69) is 14.7 Å². The number of nitrogens with two attached hydrogens (primary N) is 1. The van der Waals surface area contributed by atoms with Crippen molar-refractivity contribution in [3.8, 4) is 23.0 Å². The lowest BCUT2D eigenvalue weighted by Gasteiger charge is -2.07. The van der Waals surface area contributed by atoms with Gasteiger partial charge in [-0.15, -0.1) is 0 Å². The predicted molar refractivity (Wildman–Crippen MR) is 64.2 cm³/mol. The molecular formula is C12H11N3O3. The molecule has 0 aliphatic rings. The molecule has 92 valence electrons. The monoisotopic (exact) mass is 245 g/mol. The van der Waals surface area contributed by atoms with Gasteiger partial charge in [-0.2, -0.15) is 0 Å².